The summed E-state index contributed by atoms with van der Waals surface area (Å²) in [6.45, 7) is 5.73. The molecule has 1 heterocycles. The number of carbonyl (C=O) groups is 1. The van der Waals surface area contributed by atoms with E-state index < -0.39 is 0 Å². The van der Waals surface area contributed by atoms with Gasteiger partial charge in [-0.25, -0.2) is 4.79 Å². The fourth-order valence-corrected chi connectivity index (χ4v) is 4.67. The molecule has 1 fully saturated rings. The van der Waals surface area contributed by atoms with E-state index in [4.69, 9.17) is 4.74 Å². The minimum Gasteiger partial charge on any atom is -0.495 e. The highest BCUT2D eigenvalue weighted by atomic mass is 16.5. The van der Waals surface area contributed by atoms with Crippen molar-refractivity contribution in [2.24, 2.45) is 0 Å². The normalized spacial score (nSPS) is 16.5. The number of ether oxygens (including phenoxy) is 1. The van der Waals surface area contributed by atoms with Crippen LogP contribution in [0.2, 0.25) is 0 Å². The van der Waals surface area contributed by atoms with Crippen molar-refractivity contribution in [3.8, 4) is 5.75 Å². The van der Waals surface area contributed by atoms with E-state index in [9.17, 15) is 4.79 Å². The Morgan fingerprint density at radius 2 is 1.81 bits per heavy atom. The van der Waals surface area contributed by atoms with Gasteiger partial charge in [-0.15, -0.1) is 0 Å². The molecule has 2 aromatic rings. The van der Waals surface area contributed by atoms with E-state index in [-0.39, 0.29) is 6.03 Å². The Bertz CT molecular complexity index is 878. The van der Waals surface area contributed by atoms with Crippen LogP contribution in [0.25, 0.3) is 0 Å². The molecule has 0 unspecified atom stereocenters. The van der Waals surface area contributed by atoms with Crippen LogP contribution < -0.4 is 20.3 Å². The summed E-state index contributed by atoms with van der Waals surface area (Å²) in [5, 5.41) is 6.08. The average Bonchev–Trinajstić information content (AvgIpc) is 2.82. The average molecular weight is 423 g/mol. The quantitative estimate of drug-likeness (QED) is 0.665. The molecule has 1 aliphatic carbocycles. The van der Waals surface area contributed by atoms with Crippen LogP contribution in [0.15, 0.2) is 42.5 Å². The first-order valence-corrected chi connectivity index (χ1v) is 11.5. The highest BCUT2D eigenvalue weighted by molar-refractivity contribution is 5.90. The van der Waals surface area contributed by atoms with Gasteiger partial charge in [0.15, 0.2) is 0 Å². The molecule has 2 aromatic carbocycles. The molecule has 2 aliphatic rings. The summed E-state index contributed by atoms with van der Waals surface area (Å²) in [6, 6.07) is 14.4. The van der Waals surface area contributed by atoms with Crippen molar-refractivity contribution >= 4 is 17.4 Å². The minimum absolute atomic E-state index is 0.0973. The first-order valence-electron chi connectivity index (χ1n) is 11.5. The van der Waals surface area contributed by atoms with Gasteiger partial charge < -0.3 is 20.3 Å². The summed E-state index contributed by atoms with van der Waals surface area (Å²) in [4.78, 5) is 17.2. The number of hydrogen-bond acceptors (Lipinski definition) is 4. The first kappa shape index (κ1) is 21.5. The third-order valence-electron chi connectivity index (χ3n) is 6.38. The summed E-state index contributed by atoms with van der Waals surface area (Å²) < 4.78 is 5.50. The number of hydrogen-bond donors (Lipinski definition) is 2. The van der Waals surface area contributed by atoms with E-state index in [1.807, 2.05) is 24.3 Å². The van der Waals surface area contributed by atoms with Crippen LogP contribution >= 0.6 is 0 Å². The zero-order valence-electron chi connectivity index (χ0n) is 18.5. The van der Waals surface area contributed by atoms with Crippen molar-refractivity contribution in [3.05, 3.63) is 53.6 Å². The molecule has 0 radical (unpaired) electrons. The van der Waals surface area contributed by atoms with Crippen molar-refractivity contribution in [3.63, 3.8) is 0 Å². The number of aryl methyl sites for hydroxylation is 1. The van der Waals surface area contributed by atoms with E-state index in [1.165, 1.54) is 29.7 Å². The number of piperazine rings is 1. The molecule has 4 rings (SSSR count). The number of para-hydroxylation sites is 2. The van der Waals surface area contributed by atoms with Crippen LogP contribution in [-0.2, 0) is 12.8 Å². The van der Waals surface area contributed by atoms with E-state index in [0.29, 0.717) is 6.54 Å². The molecular formula is C25H34N4O2. The smallest absolute Gasteiger partial charge is 0.319 e. The molecule has 0 spiro atoms. The van der Waals surface area contributed by atoms with Crippen LogP contribution in [0.1, 0.15) is 30.4 Å². The number of nitrogens with one attached hydrogen (secondary N) is 2. The van der Waals surface area contributed by atoms with E-state index in [0.717, 1.165) is 63.4 Å². The SMILES string of the molecule is COc1ccccc1N1CCN(CCCNC(=O)Nc2cccc3c2CCCC3)CC1. The number of methoxy groups -OCH3 is 1. The Hall–Kier alpha value is -2.73. The molecule has 6 nitrogen and oxygen atoms in total. The number of fused-ring (bicyclic) bond motifs is 1. The number of nitrogens with zero attached hydrogens (tertiary/aromatic N) is 2. The molecule has 0 aromatic heterocycles. The van der Waals surface area contributed by atoms with Gasteiger partial charge in [0.1, 0.15) is 5.75 Å². The maximum Gasteiger partial charge on any atom is 0.319 e. The molecule has 0 atom stereocenters. The predicted octanol–water partition coefficient (Wildman–Crippen LogP) is 3.91. The lowest BCUT2D eigenvalue weighted by atomic mass is 9.90. The Morgan fingerprint density at radius 3 is 2.65 bits per heavy atom. The molecule has 6 heteroatoms. The van der Waals surface area contributed by atoms with E-state index in [1.54, 1.807) is 7.11 Å². The highest BCUT2D eigenvalue weighted by Crippen LogP contribution is 2.29. The fraction of sp³-hybridized carbons (Fsp3) is 0.480. The lowest BCUT2D eigenvalue weighted by Gasteiger charge is -2.36. The number of carbonyl (C=O) groups excluding carboxylic acids is 1. The van der Waals surface area contributed by atoms with Crippen molar-refractivity contribution in [1.29, 1.82) is 0 Å². The van der Waals surface area contributed by atoms with Crippen LogP contribution in [0.3, 0.4) is 0 Å². The predicted molar refractivity (Wildman–Crippen MR) is 126 cm³/mol. The molecule has 1 saturated heterocycles. The number of anilines is 2. The monoisotopic (exact) mass is 422 g/mol. The number of amides is 2. The molecule has 1 aliphatic heterocycles. The largest absolute Gasteiger partial charge is 0.495 e. The Kier molecular flexibility index (Phi) is 7.30. The maximum absolute atomic E-state index is 12.4. The van der Waals surface area contributed by atoms with Crippen LogP contribution in [0.5, 0.6) is 5.75 Å². The van der Waals surface area contributed by atoms with Crippen LogP contribution in [0, 0.1) is 0 Å². The summed E-state index contributed by atoms with van der Waals surface area (Å²) in [6.07, 6.45) is 5.59. The number of benzene rings is 2. The second kappa shape index (κ2) is 10.5. The van der Waals surface area contributed by atoms with E-state index >= 15 is 0 Å². The van der Waals surface area contributed by atoms with Crippen molar-refractivity contribution in [2.75, 3.05) is 56.6 Å². The van der Waals surface area contributed by atoms with Gasteiger partial charge >= 0.3 is 6.03 Å². The molecule has 0 saturated carbocycles. The van der Waals surface area contributed by atoms with Gasteiger partial charge in [-0.05, 0) is 68.0 Å². The first-order chi connectivity index (χ1) is 15.2. The summed E-state index contributed by atoms with van der Waals surface area (Å²) in [5.74, 6) is 0.936. The second-order valence-corrected chi connectivity index (χ2v) is 8.39. The van der Waals surface area contributed by atoms with Gasteiger partial charge in [0, 0.05) is 38.4 Å². The minimum atomic E-state index is -0.0973. The Morgan fingerprint density at radius 1 is 1.00 bits per heavy atom. The molecule has 2 N–H and O–H groups in total. The number of rotatable bonds is 7. The van der Waals surface area contributed by atoms with Gasteiger partial charge in [0.05, 0.1) is 12.8 Å². The second-order valence-electron chi connectivity index (χ2n) is 8.39. The maximum atomic E-state index is 12.4. The van der Waals surface area contributed by atoms with Crippen molar-refractivity contribution in [2.45, 2.75) is 32.1 Å². The van der Waals surface area contributed by atoms with Crippen LogP contribution in [-0.4, -0.2) is 57.3 Å². The zero-order chi connectivity index (χ0) is 21.5. The summed E-state index contributed by atoms with van der Waals surface area (Å²) >= 11 is 0. The lowest BCUT2D eigenvalue weighted by molar-refractivity contribution is 0.244. The van der Waals surface area contributed by atoms with Gasteiger partial charge in [0.25, 0.3) is 0 Å². The molecule has 0 bridgehead atoms. The van der Waals surface area contributed by atoms with Gasteiger partial charge in [-0.2, -0.15) is 0 Å². The highest BCUT2D eigenvalue weighted by Gasteiger charge is 2.19. The topological polar surface area (TPSA) is 56.8 Å². The Balaban J connectivity index is 1.16. The Labute approximate surface area is 185 Å². The third kappa shape index (κ3) is 5.50. The fourth-order valence-electron chi connectivity index (χ4n) is 4.67. The van der Waals surface area contributed by atoms with Crippen LogP contribution in [0.4, 0.5) is 16.2 Å². The van der Waals surface area contributed by atoms with E-state index in [2.05, 4.69) is 38.6 Å². The standard InChI is InChI=1S/C25H34N4O2/c1-31-24-13-5-4-12-23(24)29-18-16-28(17-19-29)15-7-14-26-25(30)27-22-11-6-9-20-8-2-3-10-21(20)22/h4-6,9,11-13H,2-3,7-8,10,14-19H2,1H3,(H2,26,27,30). The molecule has 166 valence electrons. The molecule has 2 amide bonds. The summed E-state index contributed by atoms with van der Waals surface area (Å²) in [5.41, 5.74) is 4.85. The third-order valence-corrected chi connectivity index (χ3v) is 6.38. The molecule has 31 heavy (non-hydrogen) atoms. The summed E-state index contributed by atoms with van der Waals surface area (Å²) in [7, 11) is 1.73. The molecular weight excluding hydrogens is 388 g/mol. The number of urea groups is 1. The zero-order valence-corrected chi connectivity index (χ0v) is 18.5. The lowest BCUT2D eigenvalue weighted by Crippen LogP contribution is -2.47. The van der Waals surface area contributed by atoms with Gasteiger partial charge in [0.2, 0.25) is 0 Å². The van der Waals surface area contributed by atoms with Gasteiger partial charge in [-0.3, -0.25) is 4.90 Å². The van der Waals surface area contributed by atoms with Crippen molar-refractivity contribution < 1.29 is 9.53 Å². The van der Waals surface area contributed by atoms with Crippen molar-refractivity contribution in [1.82, 2.24) is 10.2 Å². The van der Waals surface area contributed by atoms with Gasteiger partial charge in [-0.1, -0.05) is 24.3 Å².